The van der Waals surface area contributed by atoms with Crippen LogP contribution in [0, 0.1) is 21.0 Å². The fourth-order valence-electron chi connectivity index (χ4n) is 2.23. The van der Waals surface area contributed by atoms with E-state index in [0.717, 1.165) is 12.1 Å². The van der Waals surface area contributed by atoms with Gasteiger partial charge >= 0.3 is 0 Å². The van der Waals surface area contributed by atoms with Crippen LogP contribution >= 0.6 is 22.6 Å². The molecule has 3 N–H and O–H groups in total. The van der Waals surface area contributed by atoms with Crippen molar-refractivity contribution in [3.05, 3.63) is 56.9 Å². The van der Waals surface area contributed by atoms with Gasteiger partial charge < -0.3 is 15.2 Å². The largest absolute Gasteiger partial charge is 0.394 e. The number of aliphatic hydroxyl groups is 1. The van der Waals surface area contributed by atoms with E-state index in [0.29, 0.717) is 10.2 Å². The minimum atomic E-state index is -1.34. The van der Waals surface area contributed by atoms with Crippen LogP contribution in [-0.4, -0.2) is 36.9 Å². The Balaban J connectivity index is 2.20. The molecule has 0 bridgehead atoms. The summed E-state index contributed by atoms with van der Waals surface area (Å²) in [6.45, 7) is 1.58. The second-order valence-electron chi connectivity index (χ2n) is 5.54. The van der Waals surface area contributed by atoms with Crippen molar-refractivity contribution in [2.45, 2.75) is 13.0 Å². The van der Waals surface area contributed by atoms with Crippen LogP contribution in [0.4, 0.5) is 24.5 Å². The number of rotatable bonds is 9. The van der Waals surface area contributed by atoms with E-state index in [1.54, 1.807) is 13.0 Å². The Labute approximate surface area is 173 Å². The number of nitrogens with one attached hydrogen (secondary N) is 2. The molecular weight excluding hydrogens is 492 g/mol. The van der Waals surface area contributed by atoms with Crippen molar-refractivity contribution in [1.29, 1.82) is 0 Å². The van der Waals surface area contributed by atoms with E-state index in [-0.39, 0.29) is 24.5 Å². The molecule has 0 spiro atoms. The van der Waals surface area contributed by atoms with E-state index in [2.05, 4.69) is 10.8 Å². The third-order valence-corrected chi connectivity index (χ3v) is 4.24. The van der Waals surface area contributed by atoms with Crippen molar-refractivity contribution in [1.82, 2.24) is 5.48 Å². The van der Waals surface area contributed by atoms with Crippen LogP contribution in [0.2, 0.25) is 0 Å². The summed E-state index contributed by atoms with van der Waals surface area (Å²) in [6, 6.07) is 5.92. The number of ether oxygens (including phenoxy) is 1. The second kappa shape index (κ2) is 10.6. The van der Waals surface area contributed by atoms with E-state index in [9.17, 15) is 18.0 Å². The Bertz CT molecular complexity index is 839. The van der Waals surface area contributed by atoms with Crippen LogP contribution < -0.4 is 10.8 Å². The number of benzene rings is 2. The highest BCUT2D eigenvalue weighted by molar-refractivity contribution is 14.1. The van der Waals surface area contributed by atoms with Crippen molar-refractivity contribution >= 4 is 39.9 Å². The number of carbonyl (C=O) groups excluding carboxylic acids is 1. The first-order chi connectivity index (χ1) is 13.4. The summed E-state index contributed by atoms with van der Waals surface area (Å²) in [5.74, 6) is -4.13. The topological polar surface area (TPSA) is 79.8 Å². The molecule has 1 atom stereocenters. The highest BCUT2D eigenvalue weighted by Crippen LogP contribution is 2.28. The maximum absolute atomic E-state index is 14.3. The van der Waals surface area contributed by atoms with E-state index in [4.69, 9.17) is 14.7 Å². The molecule has 0 radical (unpaired) electrons. The normalized spacial score (nSPS) is 11.9. The molecular formula is C18H18F3IN2O4. The maximum Gasteiger partial charge on any atom is 0.277 e. The van der Waals surface area contributed by atoms with Crippen LogP contribution in [0.25, 0.3) is 0 Å². The average molecular weight is 510 g/mol. The lowest BCUT2D eigenvalue weighted by Crippen LogP contribution is -2.32. The summed E-state index contributed by atoms with van der Waals surface area (Å²) in [5.41, 5.74) is 1.10. The van der Waals surface area contributed by atoms with Crippen molar-refractivity contribution in [3.8, 4) is 0 Å². The molecule has 2 aromatic carbocycles. The maximum atomic E-state index is 14.3. The number of halogens is 4. The SMILES string of the molecule is CCO[C@H](CO)CONC(=O)c1ccc(F)c(F)c1Nc1ccc(I)cc1F. The molecule has 0 heterocycles. The van der Waals surface area contributed by atoms with Crippen LogP contribution in [-0.2, 0) is 9.57 Å². The standard InChI is InChI=1S/C18H18F3IN2O4/c1-2-27-11(8-25)9-28-24-18(26)12-4-5-13(19)16(21)17(12)23-15-6-3-10(22)7-14(15)20/h3-7,11,23,25H,2,8-9H2,1H3,(H,24,26)/t11-/m1/s1. The molecule has 0 unspecified atom stereocenters. The fraction of sp³-hybridized carbons (Fsp3) is 0.278. The van der Waals surface area contributed by atoms with Gasteiger partial charge in [0.15, 0.2) is 11.6 Å². The molecule has 152 valence electrons. The lowest BCUT2D eigenvalue weighted by atomic mass is 10.1. The molecule has 0 saturated heterocycles. The molecule has 10 heteroatoms. The van der Waals surface area contributed by atoms with Crippen molar-refractivity contribution in [2.75, 3.05) is 25.1 Å². The third-order valence-electron chi connectivity index (χ3n) is 3.57. The summed E-state index contributed by atoms with van der Waals surface area (Å²) >= 11 is 1.90. The number of hydroxylamine groups is 1. The molecule has 2 rings (SSSR count). The molecule has 0 aliphatic carbocycles. The van der Waals surface area contributed by atoms with Gasteiger partial charge in [-0.3, -0.25) is 9.63 Å². The monoisotopic (exact) mass is 510 g/mol. The third kappa shape index (κ3) is 5.80. The van der Waals surface area contributed by atoms with E-state index in [1.165, 1.54) is 12.1 Å². The zero-order valence-electron chi connectivity index (χ0n) is 14.8. The highest BCUT2D eigenvalue weighted by atomic mass is 127. The molecule has 0 aromatic heterocycles. The number of hydrogen-bond donors (Lipinski definition) is 3. The first-order valence-corrected chi connectivity index (χ1v) is 9.29. The second-order valence-corrected chi connectivity index (χ2v) is 6.78. The molecule has 0 aliphatic heterocycles. The number of carbonyl (C=O) groups is 1. The summed E-state index contributed by atoms with van der Waals surface area (Å²) in [6.07, 6.45) is -0.659. The first kappa shape index (κ1) is 22.4. The molecule has 6 nitrogen and oxygen atoms in total. The molecule has 2 aromatic rings. The number of anilines is 2. The van der Waals surface area contributed by atoms with Crippen molar-refractivity contribution in [3.63, 3.8) is 0 Å². The lowest BCUT2D eigenvalue weighted by molar-refractivity contribution is -0.0601. The zero-order chi connectivity index (χ0) is 20.7. The predicted octanol–water partition coefficient (Wildman–Crippen LogP) is 3.51. The number of hydrogen-bond acceptors (Lipinski definition) is 5. The van der Waals surface area contributed by atoms with E-state index < -0.39 is 35.2 Å². The van der Waals surface area contributed by atoms with Gasteiger partial charge in [0.25, 0.3) is 5.91 Å². The van der Waals surface area contributed by atoms with Crippen LogP contribution in [0.3, 0.4) is 0 Å². The summed E-state index contributed by atoms with van der Waals surface area (Å²) in [4.78, 5) is 17.3. The summed E-state index contributed by atoms with van der Waals surface area (Å²) < 4.78 is 47.8. The number of aliphatic hydroxyl groups excluding tert-OH is 1. The van der Waals surface area contributed by atoms with Gasteiger partial charge in [-0.05, 0) is 59.8 Å². The minimum absolute atomic E-state index is 0.128. The highest BCUT2D eigenvalue weighted by Gasteiger charge is 2.20. The van der Waals surface area contributed by atoms with Gasteiger partial charge in [0, 0.05) is 10.2 Å². The molecule has 0 fully saturated rings. The van der Waals surface area contributed by atoms with Gasteiger partial charge in [-0.2, -0.15) is 0 Å². The quantitative estimate of drug-likeness (QED) is 0.356. The van der Waals surface area contributed by atoms with Crippen LogP contribution in [0.15, 0.2) is 30.3 Å². The zero-order valence-corrected chi connectivity index (χ0v) is 16.9. The Morgan fingerprint density at radius 3 is 2.61 bits per heavy atom. The smallest absolute Gasteiger partial charge is 0.277 e. The molecule has 1 amide bonds. The van der Waals surface area contributed by atoms with E-state index in [1.807, 2.05) is 22.6 Å². The Morgan fingerprint density at radius 1 is 1.21 bits per heavy atom. The van der Waals surface area contributed by atoms with Gasteiger partial charge in [-0.1, -0.05) is 0 Å². The van der Waals surface area contributed by atoms with E-state index >= 15 is 0 Å². The van der Waals surface area contributed by atoms with Crippen molar-refractivity contribution < 1.29 is 32.6 Å². The van der Waals surface area contributed by atoms with Gasteiger partial charge in [-0.15, -0.1) is 0 Å². The van der Waals surface area contributed by atoms with Crippen molar-refractivity contribution in [2.24, 2.45) is 0 Å². The molecule has 28 heavy (non-hydrogen) atoms. The molecule has 0 aliphatic rings. The first-order valence-electron chi connectivity index (χ1n) is 8.22. The van der Waals surface area contributed by atoms with Crippen LogP contribution in [0.1, 0.15) is 17.3 Å². The molecule has 0 saturated carbocycles. The Hall–Kier alpha value is -1.89. The number of amides is 1. The average Bonchev–Trinajstić information content (AvgIpc) is 2.66. The minimum Gasteiger partial charge on any atom is -0.394 e. The lowest BCUT2D eigenvalue weighted by Gasteiger charge is -2.16. The Kier molecular flexibility index (Phi) is 8.48. The predicted molar refractivity (Wildman–Crippen MR) is 105 cm³/mol. The Morgan fingerprint density at radius 2 is 1.96 bits per heavy atom. The summed E-state index contributed by atoms with van der Waals surface area (Å²) in [7, 11) is 0. The van der Waals surface area contributed by atoms with Gasteiger partial charge in [0.1, 0.15) is 18.5 Å². The van der Waals surface area contributed by atoms with Gasteiger partial charge in [0.2, 0.25) is 0 Å². The summed E-state index contributed by atoms with van der Waals surface area (Å²) in [5, 5.41) is 11.5. The van der Waals surface area contributed by atoms with Gasteiger partial charge in [0.05, 0.1) is 23.5 Å². The van der Waals surface area contributed by atoms with Crippen LogP contribution in [0.5, 0.6) is 0 Å². The van der Waals surface area contributed by atoms with Gasteiger partial charge in [-0.25, -0.2) is 18.7 Å². The fourth-order valence-corrected chi connectivity index (χ4v) is 2.69.